The Morgan fingerprint density at radius 1 is 1.56 bits per heavy atom. The van der Waals surface area contributed by atoms with E-state index in [0.29, 0.717) is 22.9 Å². The molecule has 1 N–H and O–H groups in total. The van der Waals surface area contributed by atoms with Gasteiger partial charge in [-0.1, -0.05) is 13.8 Å². The Balaban J connectivity index is 2.74. The number of carbonyl (C=O) groups is 1. The molecule has 1 fully saturated rings. The summed E-state index contributed by atoms with van der Waals surface area (Å²) in [6.45, 7) is 8.17. The summed E-state index contributed by atoms with van der Waals surface area (Å²) in [6.07, 6.45) is 0.622. The topological polar surface area (TPSA) is 59.4 Å². The van der Waals surface area contributed by atoms with Crippen molar-refractivity contribution in [3.63, 3.8) is 0 Å². The van der Waals surface area contributed by atoms with Gasteiger partial charge in [0.2, 0.25) is 0 Å². The number of ether oxygens (including phenoxy) is 2. The van der Waals surface area contributed by atoms with Crippen molar-refractivity contribution >= 4 is 22.7 Å². The fraction of sp³-hybridized carbons (Fsp3) is 0.917. The van der Waals surface area contributed by atoms with Gasteiger partial charge in [-0.25, -0.2) is 0 Å². The highest BCUT2D eigenvalue weighted by atomic mass is 31.1. The minimum atomic E-state index is -0.670. The summed E-state index contributed by atoms with van der Waals surface area (Å²) in [5, 5.41) is 7.25. The van der Waals surface area contributed by atoms with Crippen molar-refractivity contribution in [3.8, 4) is 0 Å². The van der Waals surface area contributed by atoms with Gasteiger partial charge < -0.3 is 9.47 Å². The molecule has 0 bridgehead atoms. The van der Waals surface area contributed by atoms with Crippen LogP contribution in [-0.2, 0) is 14.3 Å². The molecule has 0 saturated carbocycles. The van der Waals surface area contributed by atoms with Crippen LogP contribution in [0.1, 0.15) is 34.1 Å². The van der Waals surface area contributed by atoms with Crippen molar-refractivity contribution in [1.29, 1.82) is 5.16 Å². The summed E-state index contributed by atoms with van der Waals surface area (Å²) >= 11 is 0. The van der Waals surface area contributed by atoms with E-state index in [1.165, 1.54) is 0 Å². The van der Waals surface area contributed by atoms with E-state index in [1.54, 1.807) is 0 Å². The molecule has 0 aliphatic carbocycles. The molecular weight excluding hydrogens is 268 g/mol. The SMILES string of the molecule is CC(C)C[C@H](PCP=N)[C@H]1OC(C)(C)OCC1=O. The summed E-state index contributed by atoms with van der Waals surface area (Å²) in [6, 6.07) is 0. The van der Waals surface area contributed by atoms with E-state index in [1.807, 2.05) is 13.8 Å². The van der Waals surface area contributed by atoms with Crippen LogP contribution in [0.3, 0.4) is 0 Å². The maximum Gasteiger partial charge on any atom is 0.187 e. The Morgan fingerprint density at radius 3 is 2.78 bits per heavy atom. The van der Waals surface area contributed by atoms with Crippen LogP contribution in [0.15, 0.2) is 0 Å². The van der Waals surface area contributed by atoms with Gasteiger partial charge >= 0.3 is 0 Å². The van der Waals surface area contributed by atoms with Crippen molar-refractivity contribution in [3.05, 3.63) is 0 Å². The summed E-state index contributed by atoms with van der Waals surface area (Å²) in [5.74, 6) is 0.740. The average Bonchev–Trinajstić information content (AvgIpc) is 2.27. The lowest BCUT2D eigenvalue weighted by atomic mass is 10.0. The zero-order valence-corrected chi connectivity index (χ0v) is 13.4. The maximum atomic E-state index is 12.0. The van der Waals surface area contributed by atoms with E-state index < -0.39 is 5.79 Å². The molecule has 3 atom stereocenters. The average molecular weight is 291 g/mol. The molecule has 0 radical (unpaired) electrons. The van der Waals surface area contributed by atoms with Crippen molar-refractivity contribution in [2.45, 2.75) is 51.7 Å². The third-order valence-corrected chi connectivity index (χ3v) is 5.24. The van der Waals surface area contributed by atoms with Crippen LogP contribution >= 0.6 is 17.0 Å². The number of Topliss-reactive ketones (excluding diaryl/α,β-unsaturated/α-hetero) is 1. The van der Waals surface area contributed by atoms with Gasteiger partial charge in [0.25, 0.3) is 0 Å². The first-order valence-electron chi connectivity index (χ1n) is 6.27. The number of ketones is 1. The van der Waals surface area contributed by atoms with Crippen LogP contribution in [0.2, 0.25) is 0 Å². The third kappa shape index (κ3) is 5.01. The first-order valence-corrected chi connectivity index (χ1v) is 8.63. The van der Waals surface area contributed by atoms with Gasteiger partial charge in [-0.15, -0.1) is 8.58 Å². The van der Waals surface area contributed by atoms with E-state index in [0.717, 1.165) is 12.3 Å². The highest BCUT2D eigenvalue weighted by Crippen LogP contribution is 2.36. The molecule has 104 valence electrons. The normalized spacial score (nSPS) is 26.3. The van der Waals surface area contributed by atoms with Gasteiger partial charge in [-0.2, -0.15) is 0 Å². The molecule has 1 saturated heterocycles. The van der Waals surface area contributed by atoms with Gasteiger partial charge in [0.15, 0.2) is 11.6 Å². The highest BCUT2D eigenvalue weighted by molar-refractivity contribution is 7.51. The van der Waals surface area contributed by atoms with Crippen molar-refractivity contribution in [1.82, 2.24) is 0 Å². The standard InChI is InChI=1S/C12H23NO3P2/c1-8(2)5-10(17-7-18-13)11-9(14)6-15-12(3,4)16-11/h8,10-11,13,17H,5-7H2,1-4H3/t10-,11-/m0/s1. The first kappa shape index (κ1) is 16.2. The largest absolute Gasteiger partial charge is 0.343 e. The van der Waals surface area contributed by atoms with Crippen LogP contribution in [0.5, 0.6) is 0 Å². The minimum Gasteiger partial charge on any atom is -0.343 e. The summed E-state index contributed by atoms with van der Waals surface area (Å²) < 4.78 is 11.2. The lowest BCUT2D eigenvalue weighted by Gasteiger charge is -2.38. The number of rotatable bonds is 6. The van der Waals surface area contributed by atoms with Gasteiger partial charge in [0.05, 0.1) is 0 Å². The third-order valence-electron chi connectivity index (χ3n) is 2.81. The number of hydrogen-bond acceptors (Lipinski definition) is 4. The van der Waals surface area contributed by atoms with Crippen molar-refractivity contribution < 1.29 is 14.3 Å². The monoisotopic (exact) mass is 291 g/mol. The quantitative estimate of drug-likeness (QED) is 0.762. The number of hydrogen-bond donors (Lipinski definition) is 1. The zero-order chi connectivity index (χ0) is 13.8. The molecule has 0 aromatic rings. The second-order valence-corrected chi connectivity index (χ2v) is 8.18. The van der Waals surface area contributed by atoms with Crippen LogP contribution in [-0.4, -0.2) is 35.8 Å². The molecule has 1 heterocycles. The van der Waals surface area contributed by atoms with E-state index in [2.05, 4.69) is 13.8 Å². The Hall–Kier alpha value is 0.120. The summed E-state index contributed by atoms with van der Waals surface area (Å²) in [5.41, 5.74) is 0.235. The molecule has 1 unspecified atom stereocenters. The van der Waals surface area contributed by atoms with Crippen LogP contribution in [0, 0.1) is 11.1 Å². The van der Waals surface area contributed by atoms with E-state index in [4.69, 9.17) is 14.6 Å². The Morgan fingerprint density at radius 2 is 2.22 bits per heavy atom. The second kappa shape index (κ2) is 7.05. The Labute approximate surface area is 113 Å². The summed E-state index contributed by atoms with van der Waals surface area (Å²) in [7, 11) is 1.25. The lowest BCUT2D eigenvalue weighted by Crippen LogP contribution is -2.50. The highest BCUT2D eigenvalue weighted by Gasteiger charge is 2.39. The zero-order valence-electron chi connectivity index (χ0n) is 11.5. The predicted octanol–water partition coefficient (Wildman–Crippen LogP) is 3.47. The Bertz CT molecular complexity index is 308. The number of carbonyl (C=O) groups excluding carboxylic acids is 1. The maximum absolute atomic E-state index is 12.0. The fourth-order valence-electron chi connectivity index (χ4n) is 2.02. The molecule has 4 nitrogen and oxygen atoms in total. The molecule has 0 aromatic carbocycles. The molecule has 6 heteroatoms. The molecule has 1 rings (SSSR count). The first-order chi connectivity index (χ1) is 8.35. The molecule has 1 aliphatic heterocycles. The van der Waals surface area contributed by atoms with Gasteiger partial charge in [-0.05, 0) is 26.2 Å². The van der Waals surface area contributed by atoms with Gasteiger partial charge in [0, 0.05) is 19.9 Å². The molecule has 1 aliphatic rings. The van der Waals surface area contributed by atoms with Crippen LogP contribution < -0.4 is 0 Å². The van der Waals surface area contributed by atoms with Crippen LogP contribution in [0.4, 0.5) is 0 Å². The minimum absolute atomic E-state index is 0.0501. The predicted molar refractivity (Wildman–Crippen MR) is 76.0 cm³/mol. The van der Waals surface area contributed by atoms with E-state index in [9.17, 15) is 4.79 Å². The molecule has 0 spiro atoms. The second-order valence-electron chi connectivity index (χ2n) is 5.45. The molecular formula is C12H23NO3P2. The molecule has 0 aromatic heterocycles. The fourth-order valence-corrected chi connectivity index (χ4v) is 4.43. The molecule has 0 amide bonds. The van der Waals surface area contributed by atoms with Crippen molar-refractivity contribution in [2.75, 3.05) is 12.5 Å². The smallest absolute Gasteiger partial charge is 0.187 e. The lowest BCUT2D eigenvalue weighted by molar-refractivity contribution is -0.258. The van der Waals surface area contributed by atoms with E-state index in [-0.39, 0.29) is 24.2 Å². The molecule has 18 heavy (non-hydrogen) atoms. The van der Waals surface area contributed by atoms with Gasteiger partial charge in [0.1, 0.15) is 12.7 Å². The number of nitrogens with one attached hydrogen (secondary N) is 1. The van der Waals surface area contributed by atoms with Crippen molar-refractivity contribution in [2.24, 2.45) is 5.92 Å². The van der Waals surface area contributed by atoms with E-state index >= 15 is 0 Å². The Kier molecular flexibility index (Phi) is 6.34. The van der Waals surface area contributed by atoms with Crippen LogP contribution in [0.25, 0.3) is 0 Å². The van der Waals surface area contributed by atoms with Gasteiger partial charge in [-0.3, -0.25) is 9.96 Å². The summed E-state index contributed by atoms with van der Waals surface area (Å²) in [4.78, 5) is 12.0.